The van der Waals surface area contributed by atoms with E-state index < -0.39 is 4.92 Å². The number of rotatable bonds is 5. The van der Waals surface area contributed by atoms with Crippen molar-refractivity contribution < 1.29 is 14.5 Å². The molecule has 0 saturated carbocycles. The molecule has 0 aromatic heterocycles. The molecule has 0 unspecified atom stereocenters. The van der Waals surface area contributed by atoms with Crippen molar-refractivity contribution in [3.63, 3.8) is 0 Å². The molecular weight excluding hydrogens is 387 g/mol. The van der Waals surface area contributed by atoms with Crippen LogP contribution in [0.15, 0.2) is 48.5 Å². The molecule has 0 heterocycles. The molecule has 7 heteroatoms. The summed E-state index contributed by atoms with van der Waals surface area (Å²) in [4.78, 5) is 21.7. The molecule has 0 fully saturated rings. The van der Waals surface area contributed by atoms with E-state index in [1.54, 1.807) is 6.07 Å². The average Bonchev–Trinajstić information content (AvgIpc) is 2.45. The topological polar surface area (TPSA) is 81.5 Å². The Morgan fingerprint density at radius 2 is 1.95 bits per heavy atom. The second-order valence-corrected chi connectivity index (χ2v) is 5.34. The number of nitrogens with zero attached hydrogens (tertiary/aromatic N) is 1. The normalized spacial score (nSPS) is 9.95. The van der Waals surface area contributed by atoms with Gasteiger partial charge in [0.1, 0.15) is 5.75 Å². The molecular formula is C14H11IN2O4. The highest BCUT2D eigenvalue weighted by Crippen LogP contribution is 2.17. The summed E-state index contributed by atoms with van der Waals surface area (Å²) in [6.45, 7) is -0.163. The predicted octanol–water partition coefficient (Wildman–Crippen LogP) is 3.22. The Bertz CT molecular complexity index is 658. The highest BCUT2D eigenvalue weighted by atomic mass is 127. The number of non-ortho nitro benzene ring substituents is 1. The fraction of sp³-hybridized carbons (Fsp3) is 0.0714. The van der Waals surface area contributed by atoms with Crippen LogP contribution < -0.4 is 10.1 Å². The highest BCUT2D eigenvalue weighted by Gasteiger charge is 2.07. The minimum absolute atomic E-state index is 0.0225. The predicted molar refractivity (Wildman–Crippen MR) is 86.4 cm³/mol. The maximum Gasteiger partial charge on any atom is 0.269 e. The van der Waals surface area contributed by atoms with Crippen LogP contribution in [0.5, 0.6) is 5.75 Å². The summed E-state index contributed by atoms with van der Waals surface area (Å²) in [5.74, 6) is 0.105. The Morgan fingerprint density at radius 1 is 1.24 bits per heavy atom. The number of carbonyl (C=O) groups excluding carboxylic acids is 1. The Morgan fingerprint density at radius 3 is 2.57 bits per heavy atom. The van der Waals surface area contributed by atoms with Gasteiger partial charge in [0.25, 0.3) is 11.6 Å². The van der Waals surface area contributed by atoms with Crippen LogP contribution in [0.2, 0.25) is 0 Å². The van der Waals surface area contributed by atoms with E-state index in [0.29, 0.717) is 11.4 Å². The van der Waals surface area contributed by atoms with E-state index >= 15 is 0 Å². The zero-order valence-electron chi connectivity index (χ0n) is 10.8. The lowest BCUT2D eigenvalue weighted by Gasteiger charge is -2.07. The molecule has 108 valence electrons. The minimum atomic E-state index is -0.493. The number of ether oxygens (including phenoxy) is 1. The van der Waals surface area contributed by atoms with Gasteiger partial charge in [0, 0.05) is 21.4 Å². The first-order chi connectivity index (χ1) is 10.0. The van der Waals surface area contributed by atoms with Crippen LogP contribution in [0.3, 0.4) is 0 Å². The lowest BCUT2D eigenvalue weighted by molar-refractivity contribution is -0.384. The van der Waals surface area contributed by atoms with Crippen molar-refractivity contribution in [2.45, 2.75) is 0 Å². The van der Waals surface area contributed by atoms with Crippen LogP contribution in [0.1, 0.15) is 0 Å². The van der Waals surface area contributed by atoms with Crippen molar-refractivity contribution in [1.82, 2.24) is 0 Å². The van der Waals surface area contributed by atoms with Crippen LogP contribution in [-0.4, -0.2) is 17.4 Å². The van der Waals surface area contributed by atoms with E-state index in [2.05, 4.69) is 27.9 Å². The van der Waals surface area contributed by atoms with E-state index in [4.69, 9.17) is 4.74 Å². The van der Waals surface area contributed by atoms with Crippen LogP contribution in [0, 0.1) is 13.7 Å². The molecule has 0 aliphatic heterocycles. The van der Waals surface area contributed by atoms with Crippen molar-refractivity contribution in [2.24, 2.45) is 0 Å². The Balaban J connectivity index is 1.87. The van der Waals surface area contributed by atoms with Crippen molar-refractivity contribution in [3.05, 3.63) is 62.2 Å². The van der Waals surface area contributed by atoms with Crippen LogP contribution in [-0.2, 0) is 4.79 Å². The van der Waals surface area contributed by atoms with Crippen molar-refractivity contribution in [3.8, 4) is 5.75 Å². The smallest absolute Gasteiger partial charge is 0.269 e. The molecule has 1 amide bonds. The first kappa shape index (κ1) is 15.2. The number of amides is 1. The summed E-state index contributed by atoms with van der Waals surface area (Å²) in [5, 5.41) is 13.2. The van der Waals surface area contributed by atoms with Gasteiger partial charge in [-0.1, -0.05) is 6.07 Å². The van der Waals surface area contributed by atoms with Gasteiger partial charge < -0.3 is 10.1 Å². The second-order valence-electron chi connectivity index (χ2n) is 4.10. The molecule has 0 radical (unpaired) electrons. The minimum Gasteiger partial charge on any atom is -0.484 e. The third-order valence-corrected chi connectivity index (χ3v) is 3.20. The van der Waals surface area contributed by atoms with Gasteiger partial charge in [-0.3, -0.25) is 14.9 Å². The molecule has 0 bridgehead atoms. The van der Waals surface area contributed by atoms with E-state index in [-0.39, 0.29) is 18.2 Å². The number of nitrogens with one attached hydrogen (secondary N) is 1. The van der Waals surface area contributed by atoms with Gasteiger partial charge in [-0.05, 0) is 52.9 Å². The first-order valence-corrected chi connectivity index (χ1v) is 7.05. The standard InChI is InChI=1S/C14H11IN2O4/c15-10-2-1-3-11(8-10)16-14(18)9-21-13-6-4-12(5-7-13)17(19)20/h1-8H,9H2,(H,16,18). The fourth-order valence-corrected chi connectivity index (χ4v) is 2.12. The third kappa shape index (κ3) is 4.71. The van der Waals surface area contributed by atoms with Gasteiger partial charge >= 0.3 is 0 Å². The van der Waals surface area contributed by atoms with Crippen LogP contribution in [0.4, 0.5) is 11.4 Å². The summed E-state index contributed by atoms with van der Waals surface area (Å²) in [6.07, 6.45) is 0. The zero-order valence-corrected chi connectivity index (χ0v) is 12.9. The first-order valence-electron chi connectivity index (χ1n) is 5.97. The van der Waals surface area contributed by atoms with Crippen molar-refractivity contribution in [2.75, 3.05) is 11.9 Å². The Kier molecular flexibility index (Phi) is 5.09. The molecule has 2 rings (SSSR count). The van der Waals surface area contributed by atoms with Gasteiger partial charge in [-0.15, -0.1) is 0 Å². The fourth-order valence-electron chi connectivity index (χ4n) is 1.58. The molecule has 0 spiro atoms. The second kappa shape index (κ2) is 7.02. The number of hydrogen-bond donors (Lipinski definition) is 1. The zero-order chi connectivity index (χ0) is 15.2. The van der Waals surface area contributed by atoms with E-state index in [0.717, 1.165) is 3.57 Å². The summed E-state index contributed by atoms with van der Waals surface area (Å²) < 4.78 is 6.28. The molecule has 0 aliphatic carbocycles. The summed E-state index contributed by atoms with van der Waals surface area (Å²) in [7, 11) is 0. The number of hydrogen-bond acceptors (Lipinski definition) is 4. The number of nitro benzene ring substituents is 1. The quantitative estimate of drug-likeness (QED) is 0.477. The summed E-state index contributed by atoms with van der Waals surface area (Å²) in [6, 6.07) is 12.9. The number of benzene rings is 2. The maximum absolute atomic E-state index is 11.7. The van der Waals surface area contributed by atoms with Gasteiger partial charge in [-0.2, -0.15) is 0 Å². The molecule has 0 atom stereocenters. The number of halogens is 1. The maximum atomic E-state index is 11.7. The lowest BCUT2D eigenvalue weighted by Crippen LogP contribution is -2.20. The van der Waals surface area contributed by atoms with Crippen molar-refractivity contribution >= 4 is 39.9 Å². The Hall–Kier alpha value is -2.16. The monoisotopic (exact) mass is 398 g/mol. The molecule has 21 heavy (non-hydrogen) atoms. The van der Waals surface area contributed by atoms with Crippen molar-refractivity contribution in [1.29, 1.82) is 0 Å². The molecule has 2 aromatic carbocycles. The van der Waals surface area contributed by atoms with Gasteiger partial charge in [0.05, 0.1) is 4.92 Å². The van der Waals surface area contributed by atoms with Crippen LogP contribution in [0.25, 0.3) is 0 Å². The SMILES string of the molecule is O=C(COc1ccc([N+](=O)[O-])cc1)Nc1cccc(I)c1. The molecule has 6 nitrogen and oxygen atoms in total. The number of anilines is 1. The largest absolute Gasteiger partial charge is 0.484 e. The number of nitro groups is 1. The summed E-state index contributed by atoms with van der Waals surface area (Å²) >= 11 is 2.15. The lowest BCUT2D eigenvalue weighted by atomic mass is 10.3. The van der Waals surface area contributed by atoms with Gasteiger partial charge in [-0.25, -0.2) is 0 Å². The third-order valence-electron chi connectivity index (χ3n) is 2.53. The summed E-state index contributed by atoms with van der Waals surface area (Å²) in [5.41, 5.74) is 0.671. The van der Waals surface area contributed by atoms with Crippen LogP contribution >= 0.6 is 22.6 Å². The molecule has 0 aliphatic rings. The Labute approximate surface area is 134 Å². The van der Waals surface area contributed by atoms with E-state index in [1.807, 2.05) is 18.2 Å². The van der Waals surface area contributed by atoms with E-state index in [1.165, 1.54) is 24.3 Å². The highest BCUT2D eigenvalue weighted by molar-refractivity contribution is 14.1. The molecule has 0 saturated heterocycles. The van der Waals surface area contributed by atoms with Gasteiger partial charge in [0.15, 0.2) is 6.61 Å². The van der Waals surface area contributed by atoms with Gasteiger partial charge in [0.2, 0.25) is 0 Å². The van der Waals surface area contributed by atoms with E-state index in [9.17, 15) is 14.9 Å². The molecule has 1 N–H and O–H groups in total. The average molecular weight is 398 g/mol. The molecule has 2 aromatic rings. The number of carbonyl (C=O) groups is 1.